The minimum absolute atomic E-state index is 0.0151. The number of amides is 1. The number of carbonyl (C=O) groups is 1. The molecule has 0 spiro atoms. The molecule has 2 N–H and O–H groups in total. The van der Waals surface area contributed by atoms with Crippen LogP contribution in [-0.4, -0.2) is 51.9 Å². The zero-order valence-corrected chi connectivity index (χ0v) is 18.5. The highest BCUT2D eigenvalue weighted by Crippen LogP contribution is 2.28. The molecule has 34 heavy (non-hydrogen) atoms. The van der Waals surface area contributed by atoms with Crippen LogP contribution in [0.1, 0.15) is 35.2 Å². The number of aromatic nitrogens is 3. The van der Waals surface area contributed by atoms with Crippen LogP contribution in [0.4, 0.5) is 18.9 Å². The minimum Gasteiger partial charge on any atom is -0.378 e. The Morgan fingerprint density at radius 1 is 1.18 bits per heavy atom. The number of halogens is 3. The summed E-state index contributed by atoms with van der Waals surface area (Å²) in [5, 5.41) is 5.84. The highest BCUT2D eigenvalue weighted by molar-refractivity contribution is 5.95. The maximum absolute atomic E-state index is 14.6. The van der Waals surface area contributed by atoms with Gasteiger partial charge in [-0.3, -0.25) is 4.79 Å². The Morgan fingerprint density at radius 2 is 2.00 bits per heavy atom. The second kappa shape index (κ2) is 9.09. The molecule has 1 amide bonds. The third kappa shape index (κ3) is 4.63. The second-order valence-corrected chi connectivity index (χ2v) is 8.73. The molecule has 2 atom stereocenters. The molecule has 7 nitrogen and oxygen atoms in total. The van der Waals surface area contributed by atoms with Crippen molar-refractivity contribution >= 4 is 11.6 Å². The van der Waals surface area contributed by atoms with Gasteiger partial charge < -0.3 is 19.9 Å². The summed E-state index contributed by atoms with van der Waals surface area (Å²) in [5.41, 5.74) is 1.98. The molecule has 5 rings (SSSR count). The first-order chi connectivity index (χ1) is 16.4. The zero-order chi connectivity index (χ0) is 23.8. The number of anilines is 1. The monoisotopic (exact) mass is 471 g/mol. The standard InChI is InChI=1S/C24H24F3N5O2/c1-13-6-18(25)16(24(33)31-14-2-3-14)8-22(13)32-10-21(29-12-32)17-7-15(9-28-23(17)27)30-20-4-5-34-11-19(20)26/h6-10,12,14,19-20,30H,2-5,11H2,1H3,(H,31,33)/t19-,20+/m1/s1. The lowest BCUT2D eigenvalue weighted by Crippen LogP contribution is -2.39. The van der Waals surface area contributed by atoms with Crippen molar-refractivity contribution in [2.75, 3.05) is 18.5 Å². The van der Waals surface area contributed by atoms with Gasteiger partial charge in [-0.15, -0.1) is 0 Å². The van der Waals surface area contributed by atoms with E-state index in [0.717, 1.165) is 12.8 Å². The SMILES string of the molecule is Cc1cc(F)c(C(=O)NC2CC2)cc1-n1cnc(-c2cc(N[C@H]3CCOC[C@H]3F)cnc2F)c1. The molecule has 3 aromatic rings. The van der Waals surface area contributed by atoms with Crippen LogP contribution in [0, 0.1) is 18.7 Å². The van der Waals surface area contributed by atoms with Gasteiger partial charge >= 0.3 is 0 Å². The van der Waals surface area contributed by atoms with Crippen LogP contribution in [0.3, 0.4) is 0 Å². The molecule has 0 radical (unpaired) electrons. The lowest BCUT2D eigenvalue weighted by Gasteiger charge is -2.27. The highest BCUT2D eigenvalue weighted by atomic mass is 19.1. The van der Waals surface area contributed by atoms with Gasteiger partial charge in [0.1, 0.15) is 12.0 Å². The Bertz CT molecular complexity index is 1230. The molecule has 178 valence electrons. The number of nitrogens with zero attached hydrogens (tertiary/aromatic N) is 3. The van der Waals surface area contributed by atoms with Gasteiger partial charge in [-0.2, -0.15) is 4.39 Å². The van der Waals surface area contributed by atoms with Crippen molar-refractivity contribution < 1.29 is 22.7 Å². The van der Waals surface area contributed by atoms with Crippen molar-refractivity contribution in [1.29, 1.82) is 0 Å². The van der Waals surface area contributed by atoms with Gasteiger partial charge in [0.05, 0.1) is 53.4 Å². The van der Waals surface area contributed by atoms with E-state index in [2.05, 4.69) is 20.6 Å². The Morgan fingerprint density at radius 3 is 2.76 bits per heavy atom. The molecule has 2 aromatic heterocycles. The van der Waals surface area contributed by atoms with E-state index >= 15 is 0 Å². The van der Waals surface area contributed by atoms with Gasteiger partial charge in [0.25, 0.3) is 5.91 Å². The predicted molar refractivity (Wildman–Crippen MR) is 120 cm³/mol. The number of ether oxygens (including phenoxy) is 1. The summed E-state index contributed by atoms with van der Waals surface area (Å²) < 4.78 is 49.9. The fourth-order valence-corrected chi connectivity index (χ4v) is 3.98. The normalized spacial score (nSPS) is 20.2. The van der Waals surface area contributed by atoms with E-state index in [1.54, 1.807) is 17.7 Å². The number of imidazole rings is 1. The number of carbonyl (C=O) groups excluding carboxylic acids is 1. The molecular weight excluding hydrogens is 447 g/mol. The molecule has 1 aliphatic heterocycles. The average Bonchev–Trinajstić information content (AvgIpc) is 3.49. The van der Waals surface area contributed by atoms with E-state index < -0.39 is 29.9 Å². The van der Waals surface area contributed by atoms with Gasteiger partial charge in [-0.05, 0) is 49.9 Å². The van der Waals surface area contributed by atoms with Crippen LogP contribution in [0.15, 0.2) is 36.9 Å². The zero-order valence-electron chi connectivity index (χ0n) is 18.5. The van der Waals surface area contributed by atoms with Crippen LogP contribution >= 0.6 is 0 Å². The number of hydrogen-bond acceptors (Lipinski definition) is 5. The van der Waals surface area contributed by atoms with Gasteiger partial charge in [0.15, 0.2) is 0 Å². The number of benzene rings is 1. The number of aryl methyl sites for hydroxylation is 1. The van der Waals surface area contributed by atoms with Crippen molar-refractivity contribution in [2.45, 2.75) is 44.4 Å². The van der Waals surface area contributed by atoms with Crippen LogP contribution < -0.4 is 10.6 Å². The molecular formula is C24H24F3N5O2. The van der Waals surface area contributed by atoms with Crippen LogP contribution in [0.2, 0.25) is 0 Å². The third-order valence-electron chi connectivity index (χ3n) is 6.06. The van der Waals surface area contributed by atoms with E-state index in [1.165, 1.54) is 30.7 Å². The minimum atomic E-state index is -1.17. The average molecular weight is 471 g/mol. The summed E-state index contributed by atoms with van der Waals surface area (Å²) in [6, 6.07) is 3.94. The molecule has 0 unspecified atom stereocenters. The number of alkyl halides is 1. The molecule has 1 saturated carbocycles. The maximum Gasteiger partial charge on any atom is 0.254 e. The van der Waals surface area contributed by atoms with Crippen LogP contribution in [0.25, 0.3) is 16.9 Å². The Labute approximate surface area is 194 Å². The highest BCUT2D eigenvalue weighted by Gasteiger charge is 2.27. The molecule has 1 aliphatic carbocycles. The Hall–Kier alpha value is -3.40. The van der Waals surface area contributed by atoms with Crippen molar-refractivity contribution in [3.63, 3.8) is 0 Å². The summed E-state index contributed by atoms with van der Waals surface area (Å²) in [5.74, 6) is -1.79. The lowest BCUT2D eigenvalue weighted by atomic mass is 10.1. The third-order valence-corrected chi connectivity index (χ3v) is 6.06. The van der Waals surface area contributed by atoms with Crippen LogP contribution in [0.5, 0.6) is 0 Å². The summed E-state index contributed by atoms with van der Waals surface area (Å²) >= 11 is 0. The maximum atomic E-state index is 14.6. The van der Waals surface area contributed by atoms with Crippen molar-refractivity contribution in [1.82, 2.24) is 19.9 Å². The predicted octanol–water partition coefficient (Wildman–Crippen LogP) is 3.95. The number of rotatable bonds is 6. The van der Waals surface area contributed by atoms with E-state index in [-0.39, 0.29) is 23.8 Å². The first-order valence-electron chi connectivity index (χ1n) is 11.2. The second-order valence-electron chi connectivity index (χ2n) is 8.73. The quantitative estimate of drug-likeness (QED) is 0.532. The van der Waals surface area contributed by atoms with Gasteiger partial charge in [-0.1, -0.05) is 0 Å². The van der Waals surface area contributed by atoms with Gasteiger partial charge in [0.2, 0.25) is 5.95 Å². The summed E-state index contributed by atoms with van der Waals surface area (Å²) in [7, 11) is 0. The molecule has 1 saturated heterocycles. The summed E-state index contributed by atoms with van der Waals surface area (Å²) in [6.45, 7) is 2.18. The summed E-state index contributed by atoms with van der Waals surface area (Å²) in [4.78, 5) is 20.5. The lowest BCUT2D eigenvalue weighted by molar-refractivity contribution is 0.0286. The molecule has 3 heterocycles. The first-order valence-corrected chi connectivity index (χ1v) is 11.2. The fourth-order valence-electron chi connectivity index (χ4n) is 3.98. The molecule has 10 heteroatoms. The number of pyridine rings is 1. The van der Waals surface area contributed by atoms with E-state index in [0.29, 0.717) is 35.7 Å². The molecule has 2 fully saturated rings. The van der Waals surface area contributed by atoms with Gasteiger partial charge in [-0.25, -0.2) is 18.7 Å². The topological polar surface area (TPSA) is 81.1 Å². The number of hydrogen-bond donors (Lipinski definition) is 2. The summed E-state index contributed by atoms with van der Waals surface area (Å²) in [6.07, 6.45) is 5.47. The van der Waals surface area contributed by atoms with Crippen LogP contribution in [-0.2, 0) is 4.74 Å². The fraction of sp³-hybridized carbons (Fsp3) is 0.375. The molecule has 2 aliphatic rings. The van der Waals surface area contributed by atoms with E-state index in [9.17, 15) is 18.0 Å². The van der Waals surface area contributed by atoms with Crippen molar-refractivity contribution in [3.8, 4) is 16.9 Å². The Balaban J connectivity index is 1.42. The molecule has 1 aromatic carbocycles. The Kier molecular flexibility index (Phi) is 5.99. The largest absolute Gasteiger partial charge is 0.378 e. The number of nitrogens with one attached hydrogen (secondary N) is 2. The van der Waals surface area contributed by atoms with E-state index in [4.69, 9.17) is 4.74 Å². The molecule has 0 bridgehead atoms. The van der Waals surface area contributed by atoms with E-state index in [1.807, 2.05) is 0 Å². The van der Waals surface area contributed by atoms with Gasteiger partial charge in [0, 0.05) is 18.8 Å². The van der Waals surface area contributed by atoms with Crippen molar-refractivity contribution in [2.24, 2.45) is 0 Å². The smallest absolute Gasteiger partial charge is 0.254 e. The first kappa shape index (κ1) is 22.4. The van der Waals surface area contributed by atoms with Crippen molar-refractivity contribution in [3.05, 3.63) is 59.8 Å².